The number of halogens is 2. The molecule has 0 bridgehead atoms. The van der Waals surface area contributed by atoms with Gasteiger partial charge in [0.1, 0.15) is 11.4 Å². The Labute approximate surface area is 140 Å². The normalized spacial score (nSPS) is 11.1. The van der Waals surface area contributed by atoms with Crippen LogP contribution in [0.5, 0.6) is 0 Å². The Morgan fingerprint density at radius 2 is 1.75 bits per heavy atom. The zero-order chi connectivity index (χ0) is 16.5. The van der Waals surface area contributed by atoms with E-state index in [0.29, 0.717) is 15.7 Å². The summed E-state index contributed by atoms with van der Waals surface area (Å²) in [5.41, 5.74) is 1.68. The summed E-state index contributed by atoms with van der Waals surface area (Å²) in [5, 5.41) is 4.85. The molecule has 4 rings (SSSR count). The molecule has 118 valence electrons. The lowest BCUT2D eigenvalue weighted by Gasteiger charge is -2.07. The first-order valence-corrected chi connectivity index (χ1v) is 7.91. The summed E-state index contributed by atoms with van der Waals surface area (Å²) in [7, 11) is 0. The van der Waals surface area contributed by atoms with E-state index < -0.39 is 11.6 Å². The quantitative estimate of drug-likeness (QED) is 0.524. The molecule has 2 heterocycles. The molecule has 7 heteroatoms. The van der Waals surface area contributed by atoms with Crippen molar-refractivity contribution >= 4 is 17.5 Å². The van der Waals surface area contributed by atoms with Crippen molar-refractivity contribution in [2.45, 2.75) is 9.92 Å². The SMILES string of the molecule is Fc1ccc(Sc2cc(-c3ccccc3)nc3ncnn23)cc1F. The van der Waals surface area contributed by atoms with Crippen molar-refractivity contribution in [2.24, 2.45) is 0 Å². The lowest BCUT2D eigenvalue weighted by Crippen LogP contribution is -1.97. The highest BCUT2D eigenvalue weighted by atomic mass is 32.2. The highest BCUT2D eigenvalue weighted by Gasteiger charge is 2.12. The maximum atomic E-state index is 13.4. The van der Waals surface area contributed by atoms with Gasteiger partial charge in [-0.15, -0.1) is 0 Å². The van der Waals surface area contributed by atoms with E-state index in [1.165, 1.54) is 24.2 Å². The van der Waals surface area contributed by atoms with Crippen LogP contribution in [0.1, 0.15) is 0 Å². The largest absolute Gasteiger partial charge is 0.253 e. The summed E-state index contributed by atoms with van der Waals surface area (Å²) in [4.78, 5) is 9.18. The minimum Gasteiger partial charge on any atom is -0.211 e. The molecule has 0 saturated heterocycles. The third-order valence-corrected chi connectivity index (χ3v) is 4.39. The molecular weight excluding hydrogens is 330 g/mol. The number of aromatic nitrogens is 4. The van der Waals surface area contributed by atoms with Gasteiger partial charge >= 0.3 is 0 Å². The summed E-state index contributed by atoms with van der Waals surface area (Å²) in [6.07, 6.45) is 1.41. The minimum atomic E-state index is -0.882. The van der Waals surface area contributed by atoms with Crippen LogP contribution >= 0.6 is 11.8 Å². The van der Waals surface area contributed by atoms with Crippen LogP contribution in [-0.2, 0) is 0 Å². The smallest absolute Gasteiger partial charge is 0.211 e. The fraction of sp³-hybridized carbons (Fsp3) is 0. The predicted octanol–water partition coefficient (Wildman–Crippen LogP) is 4.22. The second-order valence-electron chi connectivity index (χ2n) is 5.00. The number of benzene rings is 2. The van der Waals surface area contributed by atoms with Crippen LogP contribution in [0.4, 0.5) is 8.78 Å². The van der Waals surface area contributed by atoms with Gasteiger partial charge < -0.3 is 0 Å². The van der Waals surface area contributed by atoms with E-state index in [0.717, 1.165) is 23.4 Å². The van der Waals surface area contributed by atoms with Crippen molar-refractivity contribution in [3.05, 3.63) is 72.6 Å². The van der Waals surface area contributed by atoms with Crippen molar-refractivity contribution in [3.63, 3.8) is 0 Å². The molecular formula is C17H10F2N4S. The molecule has 2 aromatic carbocycles. The Hall–Kier alpha value is -2.80. The summed E-state index contributed by atoms with van der Waals surface area (Å²) < 4.78 is 28.1. The average Bonchev–Trinajstić information content (AvgIpc) is 3.08. The topological polar surface area (TPSA) is 43.1 Å². The van der Waals surface area contributed by atoms with Gasteiger partial charge in [-0.2, -0.15) is 14.6 Å². The molecule has 0 spiro atoms. The standard InChI is InChI=1S/C17H10F2N4S/c18-13-7-6-12(8-14(13)19)24-16-9-15(11-4-2-1-3-5-11)22-17-20-10-21-23(16)17/h1-10H. The lowest BCUT2D eigenvalue weighted by atomic mass is 10.1. The number of hydrogen-bond donors (Lipinski definition) is 0. The minimum absolute atomic E-state index is 0.446. The first-order valence-electron chi connectivity index (χ1n) is 7.10. The maximum Gasteiger partial charge on any atom is 0.253 e. The molecule has 0 aliphatic heterocycles. The Balaban J connectivity index is 1.81. The number of rotatable bonds is 3. The molecule has 24 heavy (non-hydrogen) atoms. The van der Waals surface area contributed by atoms with Crippen LogP contribution < -0.4 is 0 Å². The maximum absolute atomic E-state index is 13.4. The van der Waals surface area contributed by atoms with Crippen LogP contribution in [0.25, 0.3) is 17.0 Å². The molecule has 0 aliphatic rings. The van der Waals surface area contributed by atoms with E-state index in [2.05, 4.69) is 15.1 Å². The molecule has 4 nitrogen and oxygen atoms in total. The highest BCUT2D eigenvalue weighted by molar-refractivity contribution is 7.99. The first kappa shape index (κ1) is 14.8. The predicted molar refractivity (Wildman–Crippen MR) is 86.7 cm³/mol. The highest BCUT2D eigenvalue weighted by Crippen LogP contribution is 2.31. The van der Waals surface area contributed by atoms with Gasteiger partial charge in [-0.25, -0.2) is 13.8 Å². The van der Waals surface area contributed by atoms with E-state index in [9.17, 15) is 8.78 Å². The average molecular weight is 340 g/mol. The number of fused-ring (bicyclic) bond motifs is 1. The van der Waals surface area contributed by atoms with Gasteiger partial charge in [0.15, 0.2) is 11.6 Å². The first-order chi connectivity index (χ1) is 11.7. The molecule has 0 saturated carbocycles. The van der Waals surface area contributed by atoms with Crippen LogP contribution in [-0.4, -0.2) is 19.6 Å². The lowest BCUT2D eigenvalue weighted by molar-refractivity contribution is 0.506. The van der Waals surface area contributed by atoms with Crippen molar-refractivity contribution in [1.29, 1.82) is 0 Å². The Kier molecular flexibility index (Phi) is 3.70. The van der Waals surface area contributed by atoms with Crippen molar-refractivity contribution in [3.8, 4) is 11.3 Å². The zero-order valence-electron chi connectivity index (χ0n) is 12.2. The third-order valence-electron chi connectivity index (χ3n) is 3.40. The van der Waals surface area contributed by atoms with Crippen LogP contribution in [0.15, 0.2) is 70.8 Å². The van der Waals surface area contributed by atoms with Crippen LogP contribution in [0.2, 0.25) is 0 Å². The molecule has 4 aromatic rings. The molecule has 0 radical (unpaired) electrons. The van der Waals surface area contributed by atoms with E-state index in [1.54, 1.807) is 4.52 Å². The summed E-state index contributed by atoms with van der Waals surface area (Å²) in [5.74, 6) is -1.31. The van der Waals surface area contributed by atoms with Crippen LogP contribution in [0.3, 0.4) is 0 Å². The zero-order valence-corrected chi connectivity index (χ0v) is 13.0. The van der Waals surface area contributed by atoms with Gasteiger partial charge in [0, 0.05) is 10.5 Å². The Morgan fingerprint density at radius 3 is 2.54 bits per heavy atom. The third kappa shape index (κ3) is 2.74. The van der Waals surface area contributed by atoms with Gasteiger partial charge in [0.2, 0.25) is 0 Å². The molecule has 0 amide bonds. The second kappa shape index (κ2) is 6.01. The van der Waals surface area contributed by atoms with Gasteiger partial charge in [-0.1, -0.05) is 42.1 Å². The summed E-state index contributed by atoms with van der Waals surface area (Å²) >= 11 is 1.27. The molecule has 0 fully saturated rings. The van der Waals surface area contributed by atoms with Crippen LogP contribution in [0, 0.1) is 11.6 Å². The summed E-state index contributed by atoms with van der Waals surface area (Å²) in [6, 6.07) is 15.3. The van der Waals surface area contributed by atoms with E-state index >= 15 is 0 Å². The van der Waals surface area contributed by atoms with E-state index in [4.69, 9.17) is 0 Å². The Morgan fingerprint density at radius 1 is 0.917 bits per heavy atom. The summed E-state index contributed by atoms with van der Waals surface area (Å²) in [6.45, 7) is 0. The molecule has 0 atom stereocenters. The number of nitrogens with zero attached hydrogens (tertiary/aromatic N) is 4. The monoisotopic (exact) mass is 340 g/mol. The Bertz CT molecular complexity index is 1020. The molecule has 0 aliphatic carbocycles. The van der Waals surface area contributed by atoms with Gasteiger partial charge in [0.05, 0.1) is 5.69 Å². The van der Waals surface area contributed by atoms with Crippen molar-refractivity contribution in [2.75, 3.05) is 0 Å². The van der Waals surface area contributed by atoms with Gasteiger partial charge in [-0.05, 0) is 24.3 Å². The van der Waals surface area contributed by atoms with E-state index in [-0.39, 0.29) is 0 Å². The van der Waals surface area contributed by atoms with Gasteiger partial charge in [-0.3, -0.25) is 0 Å². The van der Waals surface area contributed by atoms with Crippen molar-refractivity contribution in [1.82, 2.24) is 19.6 Å². The molecule has 0 unspecified atom stereocenters. The van der Waals surface area contributed by atoms with E-state index in [1.807, 2.05) is 36.4 Å². The van der Waals surface area contributed by atoms with Crippen molar-refractivity contribution < 1.29 is 8.78 Å². The number of hydrogen-bond acceptors (Lipinski definition) is 4. The molecule has 0 N–H and O–H groups in total. The molecule has 2 aromatic heterocycles. The fourth-order valence-corrected chi connectivity index (χ4v) is 3.20. The van der Waals surface area contributed by atoms with Gasteiger partial charge in [0.25, 0.3) is 5.78 Å². The second-order valence-corrected chi connectivity index (χ2v) is 6.09. The fourth-order valence-electron chi connectivity index (χ4n) is 2.28.